The van der Waals surface area contributed by atoms with Gasteiger partial charge in [0.2, 0.25) is 5.91 Å². The van der Waals surface area contributed by atoms with Crippen LogP contribution in [0.2, 0.25) is 0 Å². The highest BCUT2D eigenvalue weighted by molar-refractivity contribution is 5.89. The number of hydrogen-bond donors (Lipinski definition) is 3. The molecule has 0 saturated heterocycles. The van der Waals surface area contributed by atoms with E-state index in [0.717, 1.165) is 6.42 Å². The molecule has 0 bridgehead atoms. The van der Waals surface area contributed by atoms with Gasteiger partial charge >= 0.3 is 0 Å². The average Bonchev–Trinajstić information content (AvgIpc) is 3.43. The van der Waals surface area contributed by atoms with Gasteiger partial charge in [0.15, 0.2) is 0 Å². The molecule has 0 aliphatic heterocycles. The van der Waals surface area contributed by atoms with Gasteiger partial charge in [0.25, 0.3) is 0 Å². The number of rotatable bonds is 4. The summed E-state index contributed by atoms with van der Waals surface area (Å²) in [6.07, 6.45) is 2.24. The van der Waals surface area contributed by atoms with E-state index in [9.17, 15) is 15.0 Å². The molecular weight excluding hydrogens is 352 g/mol. The van der Waals surface area contributed by atoms with Gasteiger partial charge in [-0.05, 0) is 54.4 Å². The van der Waals surface area contributed by atoms with Gasteiger partial charge in [-0.3, -0.25) is 4.79 Å². The zero-order valence-corrected chi connectivity index (χ0v) is 17.1. The molecule has 0 radical (unpaired) electrons. The molecule has 2 aromatic carbocycles. The van der Waals surface area contributed by atoms with Crippen LogP contribution in [0, 0.1) is 19.8 Å². The minimum absolute atomic E-state index is 0.0289. The van der Waals surface area contributed by atoms with Crippen LogP contribution in [-0.2, 0) is 10.2 Å². The lowest BCUT2D eigenvalue weighted by Gasteiger charge is -2.19. The number of carbonyl (C=O) groups excluding carboxylic acids is 1. The van der Waals surface area contributed by atoms with Gasteiger partial charge in [0, 0.05) is 17.0 Å². The van der Waals surface area contributed by atoms with Crippen LogP contribution in [0.3, 0.4) is 0 Å². The summed E-state index contributed by atoms with van der Waals surface area (Å²) in [4.78, 5) is 12.4. The fraction of sp³-hybridized carbons (Fsp3) is 0.391. The third kappa shape index (κ3) is 4.03. The van der Waals surface area contributed by atoms with Gasteiger partial charge in [-0.25, -0.2) is 5.43 Å². The Hall–Kier alpha value is -2.82. The van der Waals surface area contributed by atoms with Gasteiger partial charge < -0.3 is 10.2 Å². The first kappa shape index (κ1) is 19.9. The average molecular weight is 380 g/mol. The second kappa shape index (κ2) is 7.30. The molecule has 2 aromatic rings. The van der Waals surface area contributed by atoms with Crippen molar-refractivity contribution < 1.29 is 15.0 Å². The SMILES string of the molecule is Cc1cc(O)c(C)c(O)c1/C=N/NC(=O)[C@@H]1C[C@H]1c1ccc(C(C)(C)C)cc1. The Balaban J connectivity index is 1.62. The Kier molecular flexibility index (Phi) is 5.20. The molecule has 0 heterocycles. The molecule has 148 valence electrons. The van der Waals surface area contributed by atoms with E-state index < -0.39 is 0 Å². The molecule has 0 unspecified atom stereocenters. The predicted molar refractivity (Wildman–Crippen MR) is 111 cm³/mol. The summed E-state index contributed by atoms with van der Waals surface area (Å²) in [5.41, 5.74) is 6.71. The van der Waals surface area contributed by atoms with E-state index in [1.54, 1.807) is 19.9 Å². The standard InChI is InChI=1S/C23H28N2O3/c1-13-10-20(26)14(2)21(27)19(13)12-24-25-22(28)18-11-17(18)15-6-8-16(9-7-15)23(3,4)5/h6-10,12,17-18,26-27H,11H2,1-5H3,(H,25,28)/b24-12+/t17-,18+/m0/s1. The van der Waals surface area contributed by atoms with E-state index in [1.807, 2.05) is 0 Å². The summed E-state index contributed by atoms with van der Waals surface area (Å²) in [5.74, 6) is 0.0474. The van der Waals surface area contributed by atoms with Crippen LogP contribution < -0.4 is 5.43 Å². The molecule has 1 saturated carbocycles. The van der Waals surface area contributed by atoms with Crippen LogP contribution >= 0.6 is 0 Å². The molecule has 1 aliphatic rings. The van der Waals surface area contributed by atoms with Gasteiger partial charge in [0.1, 0.15) is 11.5 Å². The Morgan fingerprint density at radius 3 is 2.43 bits per heavy atom. The first-order chi connectivity index (χ1) is 13.1. The van der Waals surface area contributed by atoms with Crippen molar-refractivity contribution >= 4 is 12.1 Å². The van der Waals surface area contributed by atoms with Crippen molar-refractivity contribution in [2.75, 3.05) is 0 Å². The van der Waals surface area contributed by atoms with Crippen LogP contribution in [0.1, 0.15) is 60.9 Å². The van der Waals surface area contributed by atoms with E-state index >= 15 is 0 Å². The number of carbonyl (C=O) groups is 1. The third-order valence-electron chi connectivity index (χ3n) is 5.47. The number of benzene rings is 2. The van der Waals surface area contributed by atoms with Crippen LogP contribution in [0.15, 0.2) is 35.4 Å². The van der Waals surface area contributed by atoms with E-state index in [0.29, 0.717) is 16.7 Å². The van der Waals surface area contributed by atoms with Crippen molar-refractivity contribution in [3.63, 3.8) is 0 Å². The smallest absolute Gasteiger partial charge is 0.243 e. The van der Waals surface area contributed by atoms with Crippen molar-refractivity contribution in [1.29, 1.82) is 0 Å². The lowest BCUT2D eigenvalue weighted by molar-refractivity contribution is -0.122. The van der Waals surface area contributed by atoms with Crippen molar-refractivity contribution in [3.05, 3.63) is 58.1 Å². The van der Waals surface area contributed by atoms with E-state index in [1.165, 1.54) is 17.3 Å². The predicted octanol–water partition coefficient (Wildman–Crippen LogP) is 4.27. The molecule has 28 heavy (non-hydrogen) atoms. The number of hydrogen-bond acceptors (Lipinski definition) is 4. The van der Waals surface area contributed by atoms with Crippen molar-refractivity contribution in [2.45, 2.75) is 52.4 Å². The molecule has 0 spiro atoms. The highest BCUT2D eigenvalue weighted by Gasteiger charge is 2.44. The lowest BCUT2D eigenvalue weighted by atomic mass is 9.86. The molecule has 1 aliphatic carbocycles. The maximum Gasteiger partial charge on any atom is 0.243 e. The molecule has 3 rings (SSSR count). The second-order valence-electron chi connectivity index (χ2n) is 8.65. The summed E-state index contributed by atoms with van der Waals surface area (Å²) in [6.45, 7) is 9.94. The van der Waals surface area contributed by atoms with Crippen LogP contribution in [-0.4, -0.2) is 22.3 Å². The van der Waals surface area contributed by atoms with Crippen molar-refractivity contribution in [3.8, 4) is 11.5 Å². The van der Waals surface area contributed by atoms with Crippen molar-refractivity contribution in [1.82, 2.24) is 5.43 Å². The first-order valence-electron chi connectivity index (χ1n) is 9.55. The van der Waals surface area contributed by atoms with Gasteiger partial charge in [0.05, 0.1) is 6.21 Å². The van der Waals surface area contributed by atoms with Crippen molar-refractivity contribution in [2.24, 2.45) is 11.0 Å². The third-order valence-corrected chi connectivity index (χ3v) is 5.47. The molecule has 0 aromatic heterocycles. The van der Waals surface area contributed by atoms with E-state index in [2.05, 4.69) is 55.6 Å². The Morgan fingerprint density at radius 1 is 1.18 bits per heavy atom. The largest absolute Gasteiger partial charge is 0.508 e. The fourth-order valence-electron chi connectivity index (χ4n) is 3.39. The van der Waals surface area contributed by atoms with Gasteiger partial charge in [-0.15, -0.1) is 0 Å². The summed E-state index contributed by atoms with van der Waals surface area (Å²) in [5, 5.41) is 23.9. The Morgan fingerprint density at radius 2 is 1.82 bits per heavy atom. The number of phenols is 2. The molecule has 5 nitrogen and oxygen atoms in total. The minimum Gasteiger partial charge on any atom is -0.508 e. The molecular formula is C23H28N2O3. The molecule has 2 atom stereocenters. The van der Waals surface area contributed by atoms with Gasteiger partial charge in [-0.1, -0.05) is 45.0 Å². The monoisotopic (exact) mass is 380 g/mol. The quantitative estimate of drug-likeness (QED) is 0.547. The molecule has 3 N–H and O–H groups in total. The maximum absolute atomic E-state index is 12.4. The zero-order chi connectivity index (χ0) is 20.6. The number of aromatic hydroxyl groups is 2. The van der Waals surface area contributed by atoms with E-state index in [-0.39, 0.29) is 34.7 Å². The normalized spacial score (nSPS) is 19.0. The molecule has 5 heteroatoms. The summed E-state index contributed by atoms with van der Waals surface area (Å²) in [6, 6.07) is 10.1. The maximum atomic E-state index is 12.4. The highest BCUT2D eigenvalue weighted by atomic mass is 16.3. The topological polar surface area (TPSA) is 81.9 Å². The number of aryl methyl sites for hydroxylation is 1. The number of nitrogens with one attached hydrogen (secondary N) is 1. The van der Waals surface area contributed by atoms with Crippen LogP contribution in [0.5, 0.6) is 11.5 Å². The Bertz CT molecular complexity index is 924. The summed E-state index contributed by atoms with van der Waals surface area (Å²) >= 11 is 0. The van der Waals surface area contributed by atoms with Crippen LogP contribution in [0.25, 0.3) is 0 Å². The molecule has 1 fully saturated rings. The number of nitrogens with zero attached hydrogens (tertiary/aromatic N) is 1. The number of phenolic OH excluding ortho intramolecular Hbond substituents is 2. The fourth-order valence-corrected chi connectivity index (χ4v) is 3.39. The molecule has 1 amide bonds. The lowest BCUT2D eigenvalue weighted by Crippen LogP contribution is -2.20. The van der Waals surface area contributed by atoms with E-state index in [4.69, 9.17) is 0 Å². The first-order valence-corrected chi connectivity index (χ1v) is 9.55. The summed E-state index contributed by atoms with van der Waals surface area (Å²) in [7, 11) is 0. The minimum atomic E-state index is -0.117. The van der Waals surface area contributed by atoms with Crippen LogP contribution in [0.4, 0.5) is 0 Å². The number of hydrazone groups is 1. The second-order valence-corrected chi connectivity index (χ2v) is 8.65. The van der Waals surface area contributed by atoms with Gasteiger partial charge in [-0.2, -0.15) is 5.10 Å². The zero-order valence-electron chi connectivity index (χ0n) is 17.1. The summed E-state index contributed by atoms with van der Waals surface area (Å²) < 4.78 is 0. The Labute approximate surface area is 166 Å². The number of amides is 1. The highest BCUT2D eigenvalue weighted by Crippen LogP contribution is 2.47.